The fourth-order valence-corrected chi connectivity index (χ4v) is 2.80. The maximum Gasteiger partial charge on any atom is 0.148 e. The van der Waals surface area contributed by atoms with Crippen molar-refractivity contribution in [2.75, 3.05) is 18.5 Å². The number of aliphatic hydroxyl groups excluding tert-OH is 1. The number of halogens is 2. The zero-order valence-corrected chi connectivity index (χ0v) is 11.7. The molecule has 0 bridgehead atoms. The van der Waals surface area contributed by atoms with Gasteiger partial charge in [-0.2, -0.15) is 0 Å². The number of hydrogen-bond donors (Lipinski definition) is 2. The Morgan fingerprint density at radius 2 is 2.18 bits per heavy atom. The highest BCUT2D eigenvalue weighted by atomic mass is 79.9. The Morgan fingerprint density at radius 3 is 2.94 bits per heavy atom. The molecule has 2 atom stereocenters. The van der Waals surface area contributed by atoms with E-state index < -0.39 is 0 Å². The SMILES string of the molecule is OCC1CCCC1CNc1ncnc(Cl)c1Br. The molecule has 4 nitrogen and oxygen atoms in total. The Labute approximate surface area is 114 Å². The van der Waals surface area contributed by atoms with Crippen molar-refractivity contribution in [2.24, 2.45) is 11.8 Å². The quantitative estimate of drug-likeness (QED) is 0.838. The van der Waals surface area contributed by atoms with Gasteiger partial charge in [0.15, 0.2) is 0 Å². The fourth-order valence-electron chi connectivity index (χ4n) is 2.32. The van der Waals surface area contributed by atoms with Gasteiger partial charge in [0.1, 0.15) is 17.3 Å². The topological polar surface area (TPSA) is 58.0 Å². The highest BCUT2D eigenvalue weighted by Gasteiger charge is 2.26. The van der Waals surface area contributed by atoms with Crippen LogP contribution in [0.4, 0.5) is 5.82 Å². The van der Waals surface area contributed by atoms with Crippen LogP contribution in [0.5, 0.6) is 0 Å². The molecule has 1 fully saturated rings. The molecular weight excluding hydrogens is 305 g/mol. The summed E-state index contributed by atoms with van der Waals surface area (Å²) in [5.41, 5.74) is 0. The van der Waals surface area contributed by atoms with Crippen LogP contribution in [0.1, 0.15) is 19.3 Å². The molecule has 1 aliphatic rings. The van der Waals surface area contributed by atoms with Crippen LogP contribution in [-0.4, -0.2) is 28.2 Å². The van der Waals surface area contributed by atoms with Gasteiger partial charge in [-0.1, -0.05) is 18.0 Å². The molecule has 94 valence electrons. The lowest BCUT2D eigenvalue weighted by Gasteiger charge is -2.18. The van der Waals surface area contributed by atoms with Gasteiger partial charge in [0.25, 0.3) is 0 Å². The Morgan fingerprint density at radius 1 is 1.41 bits per heavy atom. The van der Waals surface area contributed by atoms with E-state index >= 15 is 0 Å². The molecule has 0 aliphatic heterocycles. The van der Waals surface area contributed by atoms with Crippen molar-refractivity contribution in [2.45, 2.75) is 19.3 Å². The van der Waals surface area contributed by atoms with Crippen molar-refractivity contribution in [1.29, 1.82) is 0 Å². The van der Waals surface area contributed by atoms with Gasteiger partial charge < -0.3 is 10.4 Å². The highest BCUT2D eigenvalue weighted by Crippen LogP contribution is 2.32. The Balaban J connectivity index is 1.95. The first kappa shape index (κ1) is 13.1. The number of rotatable bonds is 4. The predicted molar refractivity (Wildman–Crippen MR) is 71.1 cm³/mol. The second-order valence-electron chi connectivity index (χ2n) is 4.34. The predicted octanol–water partition coefficient (Wildman–Crippen LogP) is 2.71. The van der Waals surface area contributed by atoms with Gasteiger partial charge in [-0.25, -0.2) is 9.97 Å². The molecule has 17 heavy (non-hydrogen) atoms. The number of anilines is 1. The van der Waals surface area contributed by atoms with Crippen LogP contribution >= 0.6 is 27.5 Å². The van der Waals surface area contributed by atoms with E-state index in [1.54, 1.807) is 0 Å². The molecule has 2 rings (SSSR count). The lowest BCUT2D eigenvalue weighted by atomic mass is 9.97. The van der Waals surface area contributed by atoms with E-state index in [-0.39, 0.29) is 6.61 Å². The first-order chi connectivity index (χ1) is 8.22. The molecule has 1 aromatic rings. The minimum atomic E-state index is 0.276. The third-order valence-electron chi connectivity index (χ3n) is 3.33. The Bertz CT molecular complexity index is 391. The van der Waals surface area contributed by atoms with Crippen LogP contribution in [0.15, 0.2) is 10.8 Å². The van der Waals surface area contributed by atoms with Gasteiger partial charge in [0.05, 0.1) is 4.47 Å². The molecule has 1 aromatic heterocycles. The summed E-state index contributed by atoms with van der Waals surface area (Å²) in [6, 6.07) is 0. The zero-order chi connectivity index (χ0) is 12.3. The number of nitrogens with zero attached hydrogens (tertiary/aromatic N) is 2. The van der Waals surface area contributed by atoms with Crippen LogP contribution in [-0.2, 0) is 0 Å². The monoisotopic (exact) mass is 319 g/mol. The van der Waals surface area contributed by atoms with Gasteiger partial charge in [0.2, 0.25) is 0 Å². The molecule has 0 radical (unpaired) electrons. The van der Waals surface area contributed by atoms with E-state index in [4.69, 9.17) is 11.6 Å². The molecule has 0 amide bonds. The minimum absolute atomic E-state index is 0.276. The molecule has 1 aliphatic carbocycles. The van der Waals surface area contributed by atoms with E-state index in [9.17, 15) is 5.11 Å². The van der Waals surface area contributed by atoms with E-state index in [0.717, 1.165) is 19.4 Å². The number of hydrogen-bond acceptors (Lipinski definition) is 4. The summed E-state index contributed by atoms with van der Waals surface area (Å²) < 4.78 is 0.695. The summed E-state index contributed by atoms with van der Waals surface area (Å²) >= 11 is 9.24. The molecular formula is C11H15BrClN3O. The van der Waals surface area contributed by atoms with Crippen LogP contribution in [0.3, 0.4) is 0 Å². The van der Waals surface area contributed by atoms with E-state index in [1.165, 1.54) is 12.7 Å². The van der Waals surface area contributed by atoms with Crippen molar-refractivity contribution in [3.8, 4) is 0 Å². The second-order valence-corrected chi connectivity index (χ2v) is 5.49. The minimum Gasteiger partial charge on any atom is -0.396 e. The molecule has 1 heterocycles. The summed E-state index contributed by atoms with van der Waals surface area (Å²) in [5, 5.41) is 12.9. The molecule has 6 heteroatoms. The van der Waals surface area contributed by atoms with Crippen LogP contribution < -0.4 is 5.32 Å². The van der Waals surface area contributed by atoms with Crippen molar-refractivity contribution in [1.82, 2.24) is 9.97 Å². The van der Waals surface area contributed by atoms with Crippen LogP contribution in [0.2, 0.25) is 5.15 Å². The van der Waals surface area contributed by atoms with Gasteiger partial charge in [-0.05, 0) is 40.6 Å². The molecule has 1 saturated carbocycles. The largest absolute Gasteiger partial charge is 0.396 e. The lowest BCUT2D eigenvalue weighted by Crippen LogP contribution is -2.21. The maximum absolute atomic E-state index is 9.25. The molecule has 0 saturated heterocycles. The standard InChI is InChI=1S/C11H15BrClN3O/c12-9-10(13)15-6-16-11(9)14-4-7-2-1-3-8(7)5-17/h6-8,17H,1-5H2,(H,14,15,16). The Hall–Kier alpha value is -0.390. The average molecular weight is 321 g/mol. The van der Waals surface area contributed by atoms with Crippen LogP contribution in [0.25, 0.3) is 0 Å². The van der Waals surface area contributed by atoms with E-state index in [2.05, 4.69) is 31.2 Å². The van der Waals surface area contributed by atoms with Crippen molar-refractivity contribution < 1.29 is 5.11 Å². The van der Waals surface area contributed by atoms with Crippen LogP contribution in [0, 0.1) is 11.8 Å². The maximum atomic E-state index is 9.25. The zero-order valence-electron chi connectivity index (χ0n) is 9.37. The summed E-state index contributed by atoms with van der Waals surface area (Å²) in [6.45, 7) is 1.09. The third kappa shape index (κ3) is 3.09. The third-order valence-corrected chi connectivity index (χ3v) is 4.60. The average Bonchev–Trinajstić information content (AvgIpc) is 2.78. The fraction of sp³-hybridized carbons (Fsp3) is 0.636. The van der Waals surface area contributed by atoms with Crippen molar-refractivity contribution in [3.05, 3.63) is 16.0 Å². The highest BCUT2D eigenvalue weighted by molar-refractivity contribution is 9.10. The second kappa shape index (κ2) is 5.98. The summed E-state index contributed by atoms with van der Waals surface area (Å²) in [6.07, 6.45) is 4.92. The number of aromatic nitrogens is 2. The van der Waals surface area contributed by atoms with Gasteiger partial charge in [-0.15, -0.1) is 0 Å². The van der Waals surface area contributed by atoms with Crippen molar-refractivity contribution >= 4 is 33.3 Å². The van der Waals surface area contributed by atoms with E-state index in [1.807, 2.05) is 0 Å². The summed E-state index contributed by atoms with van der Waals surface area (Å²) in [7, 11) is 0. The smallest absolute Gasteiger partial charge is 0.148 e. The van der Waals surface area contributed by atoms with Gasteiger partial charge >= 0.3 is 0 Å². The lowest BCUT2D eigenvalue weighted by molar-refractivity contribution is 0.199. The molecule has 0 aromatic carbocycles. The molecule has 2 unspecified atom stereocenters. The summed E-state index contributed by atoms with van der Waals surface area (Å²) in [4.78, 5) is 8.01. The Kier molecular flexibility index (Phi) is 4.59. The normalized spacial score (nSPS) is 23.9. The van der Waals surface area contributed by atoms with Crippen molar-refractivity contribution in [3.63, 3.8) is 0 Å². The van der Waals surface area contributed by atoms with Gasteiger partial charge in [-0.3, -0.25) is 0 Å². The first-order valence-corrected chi connectivity index (χ1v) is 6.90. The molecule has 0 spiro atoms. The van der Waals surface area contributed by atoms with E-state index in [0.29, 0.717) is 27.3 Å². The van der Waals surface area contributed by atoms with Gasteiger partial charge in [0, 0.05) is 13.2 Å². The summed E-state index contributed by atoms with van der Waals surface area (Å²) in [5.74, 6) is 1.65. The number of aliphatic hydroxyl groups is 1. The number of nitrogens with one attached hydrogen (secondary N) is 1. The molecule has 2 N–H and O–H groups in total. The first-order valence-electron chi connectivity index (χ1n) is 5.73.